The maximum atomic E-state index is 12.2. The summed E-state index contributed by atoms with van der Waals surface area (Å²) in [4.78, 5) is 14.1. The monoisotopic (exact) mass is 208 g/mol. The Morgan fingerprint density at radius 1 is 1.47 bits per heavy atom. The topological polar surface area (TPSA) is 46.3 Å². The Hall–Kier alpha value is -0.830. The first-order valence-electron chi connectivity index (χ1n) is 5.86. The normalized spacial score (nSPS) is 25.2. The Bertz CT molecular complexity index is 290. The second-order valence-electron chi connectivity index (χ2n) is 4.91. The Morgan fingerprint density at radius 2 is 2.13 bits per heavy atom. The molecular formula is C12H20N2O. The Kier molecular flexibility index (Phi) is 2.83. The maximum Gasteiger partial charge on any atom is 0.242 e. The zero-order valence-corrected chi connectivity index (χ0v) is 9.46. The van der Waals surface area contributed by atoms with Crippen LogP contribution in [0.4, 0.5) is 0 Å². The SMILES string of the molecule is CC1=CCN(C(=O)C2(N)CCCC2)CC1. The Morgan fingerprint density at radius 3 is 2.67 bits per heavy atom. The van der Waals surface area contributed by atoms with E-state index in [0.29, 0.717) is 0 Å². The second-order valence-corrected chi connectivity index (χ2v) is 4.91. The van der Waals surface area contributed by atoms with Gasteiger partial charge in [0.1, 0.15) is 0 Å². The Balaban J connectivity index is 2.02. The van der Waals surface area contributed by atoms with Crippen LogP contribution in [0.25, 0.3) is 0 Å². The van der Waals surface area contributed by atoms with Gasteiger partial charge in [-0.25, -0.2) is 0 Å². The summed E-state index contributed by atoms with van der Waals surface area (Å²) in [5.74, 6) is 0.170. The highest BCUT2D eigenvalue weighted by Gasteiger charge is 2.39. The molecule has 0 aromatic rings. The molecule has 1 amide bonds. The highest BCUT2D eigenvalue weighted by Crippen LogP contribution is 2.29. The number of nitrogens with zero attached hydrogens (tertiary/aromatic N) is 1. The number of hydrogen-bond acceptors (Lipinski definition) is 2. The van der Waals surface area contributed by atoms with Gasteiger partial charge in [0.05, 0.1) is 5.54 Å². The van der Waals surface area contributed by atoms with E-state index in [9.17, 15) is 4.79 Å². The number of carbonyl (C=O) groups is 1. The fourth-order valence-corrected chi connectivity index (χ4v) is 2.49. The molecule has 0 bridgehead atoms. The van der Waals surface area contributed by atoms with E-state index in [-0.39, 0.29) is 5.91 Å². The molecule has 0 aromatic heterocycles. The van der Waals surface area contributed by atoms with Gasteiger partial charge in [-0.1, -0.05) is 24.5 Å². The molecule has 1 saturated carbocycles. The van der Waals surface area contributed by atoms with Gasteiger partial charge in [0, 0.05) is 13.1 Å². The van der Waals surface area contributed by atoms with E-state index in [1.54, 1.807) is 0 Å². The zero-order chi connectivity index (χ0) is 10.9. The molecule has 2 aliphatic rings. The minimum atomic E-state index is -0.543. The standard InChI is InChI=1S/C12H20N2O/c1-10-4-8-14(9-5-10)11(15)12(13)6-2-3-7-12/h4H,2-3,5-9,13H2,1H3. The lowest BCUT2D eigenvalue weighted by atomic mass is 9.96. The first-order chi connectivity index (χ1) is 7.12. The second kappa shape index (κ2) is 3.97. The zero-order valence-electron chi connectivity index (χ0n) is 9.46. The minimum Gasteiger partial charge on any atom is -0.337 e. The van der Waals surface area contributed by atoms with Crippen LogP contribution in [0.5, 0.6) is 0 Å². The molecule has 0 spiro atoms. The third-order valence-corrected chi connectivity index (χ3v) is 3.65. The van der Waals surface area contributed by atoms with Crippen molar-refractivity contribution in [3.05, 3.63) is 11.6 Å². The van der Waals surface area contributed by atoms with Gasteiger partial charge in [0.15, 0.2) is 0 Å². The third kappa shape index (κ3) is 2.07. The van der Waals surface area contributed by atoms with Crippen molar-refractivity contribution in [1.82, 2.24) is 4.90 Å². The van der Waals surface area contributed by atoms with Crippen LogP contribution in [-0.2, 0) is 4.79 Å². The predicted molar refractivity (Wildman–Crippen MR) is 60.3 cm³/mol. The van der Waals surface area contributed by atoms with E-state index in [1.807, 2.05) is 4.90 Å². The van der Waals surface area contributed by atoms with Crippen molar-refractivity contribution in [3.63, 3.8) is 0 Å². The fraction of sp³-hybridized carbons (Fsp3) is 0.750. The fourth-order valence-electron chi connectivity index (χ4n) is 2.49. The van der Waals surface area contributed by atoms with Gasteiger partial charge in [0.25, 0.3) is 0 Å². The number of hydrogen-bond donors (Lipinski definition) is 1. The van der Waals surface area contributed by atoms with Gasteiger partial charge in [-0.05, 0) is 26.2 Å². The highest BCUT2D eigenvalue weighted by atomic mass is 16.2. The summed E-state index contributed by atoms with van der Waals surface area (Å²) in [5.41, 5.74) is 7.00. The molecule has 1 heterocycles. The molecule has 1 fully saturated rings. The lowest BCUT2D eigenvalue weighted by molar-refractivity contribution is -0.136. The van der Waals surface area contributed by atoms with Gasteiger partial charge < -0.3 is 10.6 Å². The van der Waals surface area contributed by atoms with Crippen LogP contribution < -0.4 is 5.73 Å². The Labute approximate surface area is 91.3 Å². The van der Waals surface area contributed by atoms with Crippen LogP contribution >= 0.6 is 0 Å². The van der Waals surface area contributed by atoms with E-state index in [1.165, 1.54) is 5.57 Å². The third-order valence-electron chi connectivity index (χ3n) is 3.65. The molecule has 84 valence electrons. The van der Waals surface area contributed by atoms with E-state index < -0.39 is 5.54 Å². The molecule has 0 atom stereocenters. The van der Waals surface area contributed by atoms with Crippen molar-refractivity contribution >= 4 is 5.91 Å². The lowest BCUT2D eigenvalue weighted by Crippen LogP contribution is -2.54. The van der Waals surface area contributed by atoms with Gasteiger partial charge >= 0.3 is 0 Å². The number of nitrogens with two attached hydrogens (primary N) is 1. The number of rotatable bonds is 1. The molecule has 1 aliphatic heterocycles. The van der Waals surface area contributed by atoms with E-state index in [4.69, 9.17) is 5.73 Å². The molecule has 1 aliphatic carbocycles. The van der Waals surface area contributed by atoms with Crippen molar-refractivity contribution in [2.24, 2.45) is 5.73 Å². The molecule has 0 aromatic carbocycles. The molecular weight excluding hydrogens is 188 g/mol. The lowest BCUT2D eigenvalue weighted by Gasteiger charge is -2.33. The minimum absolute atomic E-state index is 0.170. The average molecular weight is 208 g/mol. The summed E-state index contributed by atoms with van der Waals surface area (Å²) >= 11 is 0. The summed E-state index contributed by atoms with van der Waals surface area (Å²) in [6.07, 6.45) is 7.08. The maximum absolute atomic E-state index is 12.2. The van der Waals surface area contributed by atoms with Crippen molar-refractivity contribution in [2.45, 2.75) is 44.6 Å². The molecule has 3 heteroatoms. The van der Waals surface area contributed by atoms with E-state index in [0.717, 1.165) is 45.2 Å². The van der Waals surface area contributed by atoms with Crippen LogP contribution in [-0.4, -0.2) is 29.4 Å². The van der Waals surface area contributed by atoms with Gasteiger partial charge in [0.2, 0.25) is 5.91 Å². The number of carbonyl (C=O) groups excluding carboxylic acids is 1. The average Bonchev–Trinajstić information content (AvgIpc) is 2.67. The summed E-state index contributed by atoms with van der Waals surface area (Å²) in [6, 6.07) is 0. The molecule has 2 rings (SSSR count). The van der Waals surface area contributed by atoms with E-state index >= 15 is 0 Å². The largest absolute Gasteiger partial charge is 0.337 e. The molecule has 0 saturated heterocycles. The predicted octanol–water partition coefficient (Wildman–Crippen LogP) is 1.44. The first kappa shape index (κ1) is 10.7. The van der Waals surface area contributed by atoms with Gasteiger partial charge in [-0.3, -0.25) is 4.79 Å². The van der Waals surface area contributed by atoms with Gasteiger partial charge in [-0.2, -0.15) is 0 Å². The van der Waals surface area contributed by atoms with Crippen LogP contribution in [0.1, 0.15) is 39.0 Å². The van der Waals surface area contributed by atoms with Crippen molar-refractivity contribution in [3.8, 4) is 0 Å². The summed E-state index contributed by atoms with van der Waals surface area (Å²) in [7, 11) is 0. The number of amides is 1. The van der Waals surface area contributed by atoms with Crippen molar-refractivity contribution < 1.29 is 4.79 Å². The quantitative estimate of drug-likeness (QED) is 0.663. The van der Waals surface area contributed by atoms with E-state index in [2.05, 4.69) is 13.0 Å². The summed E-state index contributed by atoms with van der Waals surface area (Å²) in [5, 5.41) is 0. The van der Waals surface area contributed by atoms with Crippen molar-refractivity contribution in [1.29, 1.82) is 0 Å². The summed E-state index contributed by atoms with van der Waals surface area (Å²) < 4.78 is 0. The molecule has 0 unspecified atom stereocenters. The summed E-state index contributed by atoms with van der Waals surface area (Å²) in [6.45, 7) is 3.72. The smallest absolute Gasteiger partial charge is 0.242 e. The van der Waals surface area contributed by atoms with Crippen LogP contribution in [0.15, 0.2) is 11.6 Å². The van der Waals surface area contributed by atoms with Crippen LogP contribution in [0, 0.1) is 0 Å². The highest BCUT2D eigenvalue weighted by molar-refractivity contribution is 5.86. The molecule has 2 N–H and O–H groups in total. The molecule has 15 heavy (non-hydrogen) atoms. The molecule has 3 nitrogen and oxygen atoms in total. The molecule has 0 radical (unpaired) electrons. The van der Waals surface area contributed by atoms with Crippen molar-refractivity contribution in [2.75, 3.05) is 13.1 Å². The van der Waals surface area contributed by atoms with Crippen LogP contribution in [0.2, 0.25) is 0 Å². The van der Waals surface area contributed by atoms with Crippen LogP contribution in [0.3, 0.4) is 0 Å². The first-order valence-corrected chi connectivity index (χ1v) is 5.86. The van der Waals surface area contributed by atoms with Gasteiger partial charge in [-0.15, -0.1) is 0 Å².